The molecule has 17 heavy (non-hydrogen) atoms. The molecule has 0 aliphatic rings. The van der Waals surface area contributed by atoms with Crippen molar-refractivity contribution in [2.24, 2.45) is 0 Å². The Bertz CT molecular complexity index is 505. The van der Waals surface area contributed by atoms with Gasteiger partial charge in [0.05, 0.1) is 5.52 Å². The number of nitrogens with zero attached hydrogens (tertiary/aromatic N) is 2. The zero-order valence-electron chi connectivity index (χ0n) is 10.7. The Morgan fingerprint density at radius 2 is 2.24 bits per heavy atom. The molecule has 92 valence electrons. The lowest BCUT2D eigenvalue weighted by molar-refractivity contribution is 0.189. The fourth-order valence-electron chi connectivity index (χ4n) is 2.00. The van der Waals surface area contributed by atoms with Crippen molar-refractivity contribution in [3.8, 4) is 0 Å². The van der Waals surface area contributed by atoms with Crippen molar-refractivity contribution in [1.82, 2.24) is 9.78 Å². The molecule has 0 aliphatic heterocycles. The summed E-state index contributed by atoms with van der Waals surface area (Å²) in [5, 5.41) is 8.97. The highest BCUT2D eigenvalue weighted by molar-refractivity contribution is 5.84. The molecule has 0 radical (unpaired) electrons. The summed E-state index contributed by atoms with van der Waals surface area (Å²) in [6.45, 7) is 3.79. The van der Waals surface area contributed by atoms with Gasteiger partial charge in [0.15, 0.2) is 0 Å². The van der Waals surface area contributed by atoms with Gasteiger partial charge in [0.2, 0.25) is 0 Å². The van der Waals surface area contributed by atoms with E-state index in [0.717, 1.165) is 30.8 Å². The fraction of sp³-hybridized carbons (Fsp3) is 0.462. The van der Waals surface area contributed by atoms with Crippen molar-refractivity contribution >= 4 is 16.6 Å². The lowest BCUT2D eigenvalue weighted by Crippen LogP contribution is -2.04. The quantitative estimate of drug-likeness (QED) is 0.806. The minimum Gasteiger partial charge on any atom is -0.388 e. The Balaban J connectivity index is 2.28. The number of ether oxygens (including phenoxy) is 1. The van der Waals surface area contributed by atoms with Crippen molar-refractivity contribution in [2.75, 3.05) is 26.1 Å². The van der Waals surface area contributed by atoms with Crippen LogP contribution in [0.25, 0.3) is 10.9 Å². The van der Waals surface area contributed by atoms with Crippen LogP contribution in [-0.4, -0.2) is 30.5 Å². The Morgan fingerprint density at radius 3 is 2.94 bits per heavy atom. The number of benzene rings is 1. The molecular formula is C13H19N3O. The largest absolute Gasteiger partial charge is 0.388 e. The molecular weight excluding hydrogens is 214 g/mol. The van der Waals surface area contributed by atoms with E-state index < -0.39 is 0 Å². The van der Waals surface area contributed by atoms with Gasteiger partial charge in [0, 0.05) is 44.1 Å². The van der Waals surface area contributed by atoms with E-state index in [-0.39, 0.29) is 0 Å². The van der Waals surface area contributed by atoms with Crippen molar-refractivity contribution in [2.45, 2.75) is 19.9 Å². The Hall–Kier alpha value is -1.55. The third-order valence-corrected chi connectivity index (χ3v) is 3.01. The van der Waals surface area contributed by atoms with Gasteiger partial charge in [-0.1, -0.05) is 0 Å². The number of rotatable bonds is 5. The van der Waals surface area contributed by atoms with Gasteiger partial charge in [0.25, 0.3) is 0 Å². The molecule has 1 heterocycles. The molecule has 0 bridgehead atoms. The molecule has 0 aliphatic carbocycles. The molecule has 1 aromatic carbocycles. The van der Waals surface area contributed by atoms with E-state index >= 15 is 0 Å². The predicted octanol–water partition coefficient (Wildman–Crippen LogP) is 2.42. The third kappa shape index (κ3) is 2.42. The fourth-order valence-corrected chi connectivity index (χ4v) is 2.00. The topological polar surface area (TPSA) is 39.1 Å². The first-order chi connectivity index (χ1) is 8.26. The first-order valence-electron chi connectivity index (χ1n) is 5.90. The van der Waals surface area contributed by atoms with Gasteiger partial charge in [-0.05, 0) is 31.5 Å². The first kappa shape index (κ1) is 11.9. The standard InChI is InChI=1S/C13H19N3O/c1-10-12-6-5-11(14-2)9-13(12)15-16(10)7-4-8-17-3/h5-6,9,14H,4,7-8H2,1-3H3. The van der Waals surface area contributed by atoms with E-state index in [9.17, 15) is 0 Å². The Kier molecular flexibility index (Phi) is 3.64. The summed E-state index contributed by atoms with van der Waals surface area (Å²) in [4.78, 5) is 0. The van der Waals surface area contributed by atoms with E-state index in [4.69, 9.17) is 4.74 Å². The van der Waals surface area contributed by atoms with E-state index in [1.54, 1.807) is 7.11 Å². The molecule has 2 aromatic rings. The van der Waals surface area contributed by atoms with Crippen LogP contribution >= 0.6 is 0 Å². The molecule has 0 atom stereocenters. The Labute approximate surface area is 102 Å². The van der Waals surface area contributed by atoms with Crippen LogP contribution in [0.15, 0.2) is 18.2 Å². The van der Waals surface area contributed by atoms with Gasteiger partial charge < -0.3 is 10.1 Å². The summed E-state index contributed by atoms with van der Waals surface area (Å²) < 4.78 is 7.12. The maximum atomic E-state index is 5.06. The molecule has 0 saturated carbocycles. The van der Waals surface area contributed by atoms with Crippen LogP contribution in [0.3, 0.4) is 0 Å². The SMILES string of the molecule is CNc1ccc2c(C)n(CCCOC)nc2c1. The van der Waals surface area contributed by atoms with Crippen LogP contribution in [0.5, 0.6) is 0 Å². The van der Waals surface area contributed by atoms with Gasteiger partial charge in [-0.3, -0.25) is 4.68 Å². The maximum absolute atomic E-state index is 5.06. The molecule has 1 aromatic heterocycles. The van der Waals surface area contributed by atoms with E-state index in [1.807, 2.05) is 7.05 Å². The van der Waals surface area contributed by atoms with Crippen molar-refractivity contribution in [3.05, 3.63) is 23.9 Å². The molecule has 0 spiro atoms. The number of methoxy groups -OCH3 is 1. The van der Waals surface area contributed by atoms with Crippen LogP contribution in [-0.2, 0) is 11.3 Å². The zero-order chi connectivity index (χ0) is 12.3. The number of hydrogen-bond donors (Lipinski definition) is 1. The molecule has 4 heteroatoms. The van der Waals surface area contributed by atoms with Crippen LogP contribution in [0.4, 0.5) is 5.69 Å². The minimum atomic E-state index is 0.775. The van der Waals surface area contributed by atoms with Crippen molar-refractivity contribution < 1.29 is 4.74 Å². The molecule has 0 saturated heterocycles. The normalized spacial score (nSPS) is 11.0. The average Bonchev–Trinajstić information content (AvgIpc) is 2.66. The third-order valence-electron chi connectivity index (χ3n) is 3.01. The highest BCUT2D eigenvalue weighted by Gasteiger charge is 2.07. The van der Waals surface area contributed by atoms with Crippen LogP contribution < -0.4 is 5.32 Å². The van der Waals surface area contributed by atoms with Gasteiger partial charge in [-0.2, -0.15) is 5.10 Å². The smallest absolute Gasteiger partial charge is 0.0946 e. The molecule has 0 unspecified atom stereocenters. The summed E-state index contributed by atoms with van der Waals surface area (Å²) in [5.74, 6) is 0. The van der Waals surface area contributed by atoms with Crippen LogP contribution in [0.2, 0.25) is 0 Å². The van der Waals surface area contributed by atoms with Crippen molar-refractivity contribution in [1.29, 1.82) is 0 Å². The van der Waals surface area contributed by atoms with Crippen molar-refractivity contribution in [3.63, 3.8) is 0 Å². The minimum absolute atomic E-state index is 0.775. The lowest BCUT2D eigenvalue weighted by Gasteiger charge is -2.02. The van der Waals surface area contributed by atoms with Crippen LogP contribution in [0.1, 0.15) is 12.1 Å². The highest BCUT2D eigenvalue weighted by Crippen LogP contribution is 2.21. The number of nitrogens with one attached hydrogen (secondary N) is 1. The predicted molar refractivity (Wildman–Crippen MR) is 70.5 cm³/mol. The molecule has 1 N–H and O–H groups in total. The van der Waals surface area contributed by atoms with E-state index in [0.29, 0.717) is 0 Å². The summed E-state index contributed by atoms with van der Waals surface area (Å²) in [6.07, 6.45) is 0.990. The lowest BCUT2D eigenvalue weighted by atomic mass is 10.2. The Morgan fingerprint density at radius 1 is 1.41 bits per heavy atom. The summed E-state index contributed by atoms with van der Waals surface area (Å²) in [5.41, 5.74) is 3.37. The molecule has 4 nitrogen and oxygen atoms in total. The summed E-state index contributed by atoms with van der Waals surface area (Å²) in [6, 6.07) is 6.28. The maximum Gasteiger partial charge on any atom is 0.0946 e. The second-order valence-electron chi connectivity index (χ2n) is 4.14. The zero-order valence-corrected chi connectivity index (χ0v) is 10.7. The number of fused-ring (bicyclic) bond motifs is 1. The number of aromatic nitrogens is 2. The number of aryl methyl sites for hydroxylation is 2. The first-order valence-corrected chi connectivity index (χ1v) is 5.90. The van der Waals surface area contributed by atoms with E-state index in [1.165, 1.54) is 11.1 Å². The molecule has 2 rings (SSSR count). The van der Waals surface area contributed by atoms with Gasteiger partial charge >= 0.3 is 0 Å². The second kappa shape index (κ2) is 5.19. The molecule has 0 amide bonds. The van der Waals surface area contributed by atoms with E-state index in [2.05, 4.69) is 40.2 Å². The molecule has 0 fully saturated rings. The second-order valence-corrected chi connectivity index (χ2v) is 4.14. The summed E-state index contributed by atoms with van der Waals surface area (Å²) >= 11 is 0. The monoisotopic (exact) mass is 233 g/mol. The number of anilines is 1. The van der Waals surface area contributed by atoms with Gasteiger partial charge in [-0.15, -0.1) is 0 Å². The average molecular weight is 233 g/mol. The summed E-state index contributed by atoms with van der Waals surface area (Å²) in [7, 11) is 3.65. The highest BCUT2D eigenvalue weighted by atomic mass is 16.5. The van der Waals surface area contributed by atoms with Crippen LogP contribution in [0, 0.1) is 6.92 Å². The van der Waals surface area contributed by atoms with Gasteiger partial charge in [-0.25, -0.2) is 0 Å². The number of hydrogen-bond acceptors (Lipinski definition) is 3. The van der Waals surface area contributed by atoms with Gasteiger partial charge in [0.1, 0.15) is 0 Å².